The van der Waals surface area contributed by atoms with Crippen molar-refractivity contribution in [3.8, 4) is 5.75 Å². The fourth-order valence-corrected chi connectivity index (χ4v) is 3.31. The number of piperidine rings is 1. The molecule has 0 aliphatic carbocycles. The van der Waals surface area contributed by atoms with Crippen LogP contribution in [0.25, 0.3) is 0 Å². The van der Waals surface area contributed by atoms with E-state index in [1.165, 1.54) is 0 Å². The predicted octanol–water partition coefficient (Wildman–Crippen LogP) is 1.60. The van der Waals surface area contributed by atoms with Gasteiger partial charge in [0, 0.05) is 38.2 Å². The van der Waals surface area contributed by atoms with Gasteiger partial charge in [-0.3, -0.25) is 14.6 Å². The molecule has 2 amide bonds. The van der Waals surface area contributed by atoms with Crippen molar-refractivity contribution in [3.63, 3.8) is 0 Å². The molecule has 1 saturated heterocycles. The van der Waals surface area contributed by atoms with E-state index in [0.717, 1.165) is 38.4 Å². The first kappa shape index (κ1) is 25.0. The second kappa shape index (κ2) is 13.2. The Labute approximate surface area is 189 Å². The topological polar surface area (TPSA) is 109 Å². The number of benzene rings is 1. The van der Waals surface area contributed by atoms with Crippen LogP contribution in [0.1, 0.15) is 36.5 Å². The average molecular weight is 517 g/mol. The number of halogens is 1. The molecule has 1 aromatic rings. The van der Waals surface area contributed by atoms with Crippen molar-refractivity contribution in [2.24, 2.45) is 16.6 Å². The Kier molecular flexibility index (Phi) is 11.4. The molecule has 1 fully saturated rings. The zero-order valence-electron chi connectivity index (χ0n) is 17.1. The van der Waals surface area contributed by atoms with Crippen molar-refractivity contribution < 1.29 is 14.3 Å². The van der Waals surface area contributed by atoms with E-state index in [0.29, 0.717) is 30.8 Å². The van der Waals surface area contributed by atoms with E-state index < -0.39 is 0 Å². The largest absolute Gasteiger partial charge is 0.497 e. The molecule has 9 heteroatoms. The third-order valence-corrected chi connectivity index (χ3v) is 4.65. The number of rotatable bonds is 8. The SMILES string of the molecule is CCNC(=NCCNC(=O)c1ccc(OC)cc1)N1CCCC(CC(N)=O)C1.I. The van der Waals surface area contributed by atoms with Gasteiger partial charge in [0.25, 0.3) is 5.91 Å². The highest BCUT2D eigenvalue weighted by atomic mass is 127. The molecule has 2 rings (SSSR count). The minimum atomic E-state index is -0.255. The van der Waals surface area contributed by atoms with E-state index in [1.807, 2.05) is 6.92 Å². The Morgan fingerprint density at radius 3 is 2.62 bits per heavy atom. The van der Waals surface area contributed by atoms with Gasteiger partial charge in [0.1, 0.15) is 5.75 Å². The summed E-state index contributed by atoms with van der Waals surface area (Å²) < 4.78 is 5.10. The maximum atomic E-state index is 12.2. The molecule has 0 saturated carbocycles. The summed E-state index contributed by atoms with van der Waals surface area (Å²) in [6.07, 6.45) is 2.43. The number of guanidine groups is 1. The molecule has 0 bridgehead atoms. The van der Waals surface area contributed by atoms with Crippen LogP contribution in [-0.4, -0.2) is 62.5 Å². The maximum absolute atomic E-state index is 12.2. The number of carbonyl (C=O) groups is 2. The molecular weight excluding hydrogens is 485 g/mol. The molecular formula is C20H32IN5O3. The van der Waals surface area contributed by atoms with Crippen molar-refractivity contribution in [1.82, 2.24) is 15.5 Å². The first-order valence-corrected chi connectivity index (χ1v) is 9.77. The van der Waals surface area contributed by atoms with Gasteiger partial charge in [0.15, 0.2) is 5.96 Å². The molecule has 0 spiro atoms. The van der Waals surface area contributed by atoms with Crippen LogP contribution < -0.4 is 21.1 Å². The summed E-state index contributed by atoms with van der Waals surface area (Å²) in [5.74, 6) is 1.41. The van der Waals surface area contributed by atoms with Gasteiger partial charge in [-0.05, 0) is 49.9 Å². The molecule has 8 nitrogen and oxygen atoms in total. The van der Waals surface area contributed by atoms with Crippen LogP contribution in [0.3, 0.4) is 0 Å². The van der Waals surface area contributed by atoms with Gasteiger partial charge in [-0.1, -0.05) is 0 Å². The molecule has 4 N–H and O–H groups in total. The number of nitrogens with two attached hydrogens (primary N) is 1. The maximum Gasteiger partial charge on any atom is 0.251 e. The molecule has 0 aromatic heterocycles. The van der Waals surface area contributed by atoms with E-state index in [9.17, 15) is 9.59 Å². The highest BCUT2D eigenvalue weighted by molar-refractivity contribution is 14.0. The molecule has 0 radical (unpaired) electrons. The predicted molar refractivity (Wildman–Crippen MR) is 125 cm³/mol. The Morgan fingerprint density at radius 1 is 1.28 bits per heavy atom. The number of likely N-dealkylation sites (tertiary alicyclic amines) is 1. The van der Waals surface area contributed by atoms with Gasteiger partial charge in [0.2, 0.25) is 5.91 Å². The van der Waals surface area contributed by atoms with Crippen LogP contribution in [0.4, 0.5) is 0 Å². The number of ether oxygens (including phenoxy) is 1. The molecule has 1 aliphatic rings. The number of methoxy groups -OCH3 is 1. The summed E-state index contributed by atoms with van der Waals surface area (Å²) in [4.78, 5) is 30.2. The van der Waals surface area contributed by atoms with Crippen LogP contribution in [0, 0.1) is 5.92 Å². The van der Waals surface area contributed by atoms with Gasteiger partial charge in [-0.25, -0.2) is 0 Å². The van der Waals surface area contributed by atoms with Gasteiger partial charge < -0.3 is 26.0 Å². The van der Waals surface area contributed by atoms with Gasteiger partial charge >= 0.3 is 0 Å². The van der Waals surface area contributed by atoms with Crippen molar-refractivity contribution in [2.75, 3.05) is 39.8 Å². The van der Waals surface area contributed by atoms with Gasteiger partial charge in [-0.15, -0.1) is 24.0 Å². The smallest absolute Gasteiger partial charge is 0.251 e. The van der Waals surface area contributed by atoms with Crippen molar-refractivity contribution in [3.05, 3.63) is 29.8 Å². The van der Waals surface area contributed by atoms with Gasteiger partial charge in [0.05, 0.1) is 13.7 Å². The van der Waals surface area contributed by atoms with Crippen LogP contribution in [0.15, 0.2) is 29.3 Å². The van der Waals surface area contributed by atoms with E-state index in [-0.39, 0.29) is 41.7 Å². The molecule has 1 aliphatic heterocycles. The van der Waals surface area contributed by atoms with Crippen molar-refractivity contribution in [1.29, 1.82) is 0 Å². The van der Waals surface area contributed by atoms with Crippen LogP contribution in [-0.2, 0) is 4.79 Å². The second-order valence-corrected chi connectivity index (χ2v) is 6.84. The molecule has 29 heavy (non-hydrogen) atoms. The fourth-order valence-electron chi connectivity index (χ4n) is 3.31. The standard InChI is InChI=1S/C20H31N5O3.HI/c1-3-22-20(25-12-4-5-15(14-25)13-18(21)26)24-11-10-23-19(27)16-6-8-17(28-2)9-7-16;/h6-9,15H,3-5,10-14H2,1-2H3,(H2,21,26)(H,22,24)(H,23,27);1H. The van der Waals surface area contributed by atoms with E-state index in [2.05, 4.69) is 20.5 Å². The summed E-state index contributed by atoms with van der Waals surface area (Å²) >= 11 is 0. The molecule has 162 valence electrons. The molecule has 1 atom stereocenters. The Bertz CT molecular complexity index is 681. The Morgan fingerprint density at radius 2 is 2.00 bits per heavy atom. The third kappa shape index (κ3) is 8.46. The molecule has 1 heterocycles. The summed E-state index contributed by atoms with van der Waals surface area (Å²) in [6, 6.07) is 6.98. The summed E-state index contributed by atoms with van der Waals surface area (Å²) in [7, 11) is 1.59. The van der Waals surface area contributed by atoms with Crippen molar-refractivity contribution >= 4 is 41.8 Å². The van der Waals surface area contributed by atoms with E-state index in [1.54, 1.807) is 31.4 Å². The fraction of sp³-hybridized carbons (Fsp3) is 0.550. The Balaban J connectivity index is 0.00000420. The van der Waals surface area contributed by atoms with Crippen LogP contribution in [0.2, 0.25) is 0 Å². The number of amides is 2. The minimum absolute atomic E-state index is 0. The highest BCUT2D eigenvalue weighted by Gasteiger charge is 2.23. The van der Waals surface area contributed by atoms with Gasteiger partial charge in [-0.2, -0.15) is 0 Å². The first-order valence-electron chi connectivity index (χ1n) is 9.77. The number of hydrogen-bond donors (Lipinski definition) is 3. The number of primary amides is 1. The summed E-state index contributed by atoms with van der Waals surface area (Å²) in [5, 5.41) is 6.17. The van der Waals surface area contributed by atoms with Crippen LogP contribution in [0.5, 0.6) is 5.75 Å². The Hall–Kier alpha value is -2.04. The quantitative estimate of drug-likeness (QED) is 0.210. The lowest BCUT2D eigenvalue weighted by molar-refractivity contribution is -0.119. The lowest BCUT2D eigenvalue weighted by Gasteiger charge is -2.34. The second-order valence-electron chi connectivity index (χ2n) is 6.84. The molecule has 1 aromatic carbocycles. The average Bonchev–Trinajstić information content (AvgIpc) is 2.70. The zero-order valence-corrected chi connectivity index (χ0v) is 19.5. The first-order chi connectivity index (χ1) is 13.5. The van der Waals surface area contributed by atoms with Crippen molar-refractivity contribution in [2.45, 2.75) is 26.2 Å². The normalized spacial score (nSPS) is 16.6. The number of nitrogens with zero attached hydrogens (tertiary/aromatic N) is 2. The minimum Gasteiger partial charge on any atom is -0.497 e. The highest BCUT2D eigenvalue weighted by Crippen LogP contribution is 2.19. The number of carbonyl (C=O) groups excluding carboxylic acids is 2. The number of aliphatic imine (C=N–C) groups is 1. The number of nitrogens with one attached hydrogen (secondary N) is 2. The summed E-state index contributed by atoms with van der Waals surface area (Å²) in [6.45, 7) is 5.37. The lowest BCUT2D eigenvalue weighted by atomic mass is 9.95. The lowest BCUT2D eigenvalue weighted by Crippen LogP contribution is -2.47. The summed E-state index contributed by atoms with van der Waals surface area (Å²) in [5.41, 5.74) is 5.93. The zero-order chi connectivity index (χ0) is 20.4. The monoisotopic (exact) mass is 517 g/mol. The van der Waals surface area contributed by atoms with Crippen LogP contribution >= 0.6 is 24.0 Å². The number of hydrogen-bond acceptors (Lipinski definition) is 4. The van der Waals surface area contributed by atoms with E-state index >= 15 is 0 Å². The third-order valence-electron chi connectivity index (χ3n) is 4.65. The molecule has 1 unspecified atom stereocenters. The van der Waals surface area contributed by atoms with E-state index in [4.69, 9.17) is 10.5 Å².